The Bertz CT molecular complexity index is 456. The van der Waals surface area contributed by atoms with Crippen LogP contribution in [0.3, 0.4) is 0 Å². The van der Waals surface area contributed by atoms with Gasteiger partial charge in [-0.1, -0.05) is 12.1 Å². The first-order valence-electron chi connectivity index (χ1n) is 6.91. The maximum atomic E-state index is 12.0. The Morgan fingerprint density at radius 2 is 1.71 bits per heavy atom. The molecular weight excluding hydrogens is 290 g/mol. The van der Waals surface area contributed by atoms with Crippen LogP contribution < -0.4 is 11.1 Å². The lowest BCUT2D eigenvalue weighted by molar-refractivity contribution is -0.130. The van der Waals surface area contributed by atoms with Crippen LogP contribution >= 0.6 is 12.4 Å². The zero-order chi connectivity index (χ0) is 15.1. The Balaban J connectivity index is 0.00000400. The van der Waals surface area contributed by atoms with Crippen molar-refractivity contribution in [2.75, 3.05) is 18.4 Å². The normalized spacial score (nSPS) is 11.2. The van der Waals surface area contributed by atoms with E-state index in [4.69, 9.17) is 5.73 Å². The van der Waals surface area contributed by atoms with Gasteiger partial charge in [0.2, 0.25) is 11.8 Å². The van der Waals surface area contributed by atoms with Crippen LogP contribution in [0.1, 0.15) is 26.3 Å². The zero-order valence-electron chi connectivity index (χ0n) is 12.8. The molecule has 0 bridgehead atoms. The number of amides is 2. The fourth-order valence-electron chi connectivity index (χ4n) is 1.82. The van der Waals surface area contributed by atoms with Crippen LogP contribution in [0.2, 0.25) is 0 Å². The van der Waals surface area contributed by atoms with Crippen molar-refractivity contribution in [1.82, 2.24) is 4.90 Å². The highest BCUT2D eigenvalue weighted by molar-refractivity contribution is 5.94. The first kappa shape index (κ1) is 19.4. The molecule has 5 nitrogen and oxygen atoms in total. The van der Waals surface area contributed by atoms with Gasteiger partial charge in [-0.05, 0) is 38.5 Å². The average Bonchev–Trinajstić information content (AvgIpc) is 2.42. The summed E-state index contributed by atoms with van der Waals surface area (Å²) in [7, 11) is 0. The molecule has 0 aliphatic rings. The predicted octanol–water partition coefficient (Wildman–Crippen LogP) is 1.81. The van der Waals surface area contributed by atoms with Crippen LogP contribution in [0, 0.1) is 0 Å². The molecule has 0 aliphatic heterocycles. The summed E-state index contributed by atoms with van der Waals surface area (Å²) in [6.07, 6.45) is 0.378. The van der Waals surface area contributed by atoms with Gasteiger partial charge in [-0.25, -0.2) is 0 Å². The fourth-order valence-corrected chi connectivity index (χ4v) is 1.82. The van der Waals surface area contributed by atoms with Gasteiger partial charge in [-0.3, -0.25) is 9.59 Å². The van der Waals surface area contributed by atoms with E-state index in [-0.39, 0.29) is 24.2 Å². The van der Waals surface area contributed by atoms with Gasteiger partial charge in [-0.2, -0.15) is 0 Å². The molecule has 0 aromatic heterocycles. The average molecular weight is 314 g/mol. The maximum Gasteiger partial charge on any atom is 0.240 e. The lowest BCUT2D eigenvalue weighted by Crippen LogP contribution is -2.32. The second-order valence-electron chi connectivity index (χ2n) is 4.72. The van der Waals surface area contributed by atoms with E-state index in [9.17, 15) is 9.59 Å². The zero-order valence-corrected chi connectivity index (χ0v) is 13.6. The van der Waals surface area contributed by atoms with E-state index < -0.39 is 6.04 Å². The molecule has 2 amide bonds. The number of nitrogens with one attached hydrogen (secondary N) is 1. The number of anilines is 1. The minimum absolute atomic E-state index is 0. The molecule has 0 radical (unpaired) electrons. The van der Waals surface area contributed by atoms with Crippen LogP contribution in [0.25, 0.3) is 0 Å². The molecule has 0 heterocycles. The molecule has 0 unspecified atom stereocenters. The Kier molecular flexibility index (Phi) is 8.66. The summed E-state index contributed by atoms with van der Waals surface area (Å²) in [6, 6.07) is 6.71. The third-order valence-electron chi connectivity index (χ3n) is 3.11. The van der Waals surface area contributed by atoms with Crippen molar-refractivity contribution in [2.24, 2.45) is 5.73 Å². The molecule has 118 valence electrons. The lowest BCUT2D eigenvalue weighted by Gasteiger charge is -2.18. The van der Waals surface area contributed by atoms with Crippen molar-refractivity contribution in [2.45, 2.75) is 33.2 Å². The number of carbonyl (C=O) groups is 2. The topological polar surface area (TPSA) is 75.4 Å². The summed E-state index contributed by atoms with van der Waals surface area (Å²) in [4.78, 5) is 25.2. The quantitative estimate of drug-likeness (QED) is 0.841. The summed E-state index contributed by atoms with van der Waals surface area (Å²) in [5.74, 6) is -0.112. The van der Waals surface area contributed by atoms with Gasteiger partial charge in [-0.15, -0.1) is 12.4 Å². The Hall–Kier alpha value is -1.59. The van der Waals surface area contributed by atoms with E-state index in [1.54, 1.807) is 24.0 Å². The molecule has 0 saturated heterocycles. The van der Waals surface area contributed by atoms with Crippen molar-refractivity contribution in [3.05, 3.63) is 29.8 Å². The van der Waals surface area contributed by atoms with Crippen LogP contribution in [0.15, 0.2) is 24.3 Å². The minimum atomic E-state index is -0.543. The van der Waals surface area contributed by atoms with E-state index in [2.05, 4.69) is 5.32 Å². The number of likely N-dealkylation sites (N-methyl/N-ethyl adjacent to an activating group) is 1. The number of hydrogen-bond acceptors (Lipinski definition) is 3. The van der Waals surface area contributed by atoms with Crippen LogP contribution in [0.5, 0.6) is 0 Å². The Morgan fingerprint density at radius 3 is 2.14 bits per heavy atom. The Morgan fingerprint density at radius 1 is 1.19 bits per heavy atom. The Labute approximate surface area is 132 Å². The van der Waals surface area contributed by atoms with Crippen LogP contribution in [-0.2, 0) is 16.0 Å². The SMILES string of the molecule is CCN(CC)C(=O)Cc1ccc(NC(=O)[C@@H](C)N)cc1.Cl. The number of nitrogens with zero attached hydrogens (tertiary/aromatic N) is 1. The second-order valence-corrected chi connectivity index (χ2v) is 4.72. The highest BCUT2D eigenvalue weighted by Gasteiger charge is 2.11. The number of nitrogens with two attached hydrogens (primary N) is 1. The second kappa shape index (κ2) is 9.37. The molecular formula is C15H24ClN3O2. The van der Waals surface area contributed by atoms with E-state index in [1.165, 1.54) is 0 Å². The lowest BCUT2D eigenvalue weighted by atomic mass is 10.1. The van der Waals surface area contributed by atoms with Crippen LogP contribution in [0.4, 0.5) is 5.69 Å². The predicted molar refractivity (Wildman–Crippen MR) is 87.6 cm³/mol. The summed E-state index contributed by atoms with van der Waals surface area (Å²) < 4.78 is 0. The first-order valence-corrected chi connectivity index (χ1v) is 6.91. The van der Waals surface area contributed by atoms with Crippen molar-refractivity contribution in [3.63, 3.8) is 0 Å². The number of benzene rings is 1. The third kappa shape index (κ3) is 6.14. The van der Waals surface area contributed by atoms with Gasteiger partial charge in [0, 0.05) is 18.8 Å². The van der Waals surface area contributed by atoms with Crippen LogP contribution in [-0.4, -0.2) is 35.8 Å². The number of halogens is 1. The van der Waals surface area contributed by atoms with Gasteiger partial charge >= 0.3 is 0 Å². The molecule has 0 aliphatic carbocycles. The largest absolute Gasteiger partial charge is 0.343 e. The van der Waals surface area contributed by atoms with Gasteiger partial charge < -0.3 is 16.0 Å². The summed E-state index contributed by atoms with van der Waals surface area (Å²) in [6.45, 7) is 7.00. The summed E-state index contributed by atoms with van der Waals surface area (Å²) >= 11 is 0. The molecule has 3 N–H and O–H groups in total. The van der Waals surface area contributed by atoms with Gasteiger partial charge in [0.15, 0.2) is 0 Å². The van der Waals surface area contributed by atoms with E-state index >= 15 is 0 Å². The first-order chi connectivity index (χ1) is 9.47. The van der Waals surface area contributed by atoms with Gasteiger partial charge in [0.05, 0.1) is 12.5 Å². The van der Waals surface area contributed by atoms with Crippen molar-refractivity contribution < 1.29 is 9.59 Å². The van der Waals surface area contributed by atoms with Gasteiger partial charge in [0.1, 0.15) is 0 Å². The molecule has 1 aromatic rings. The van der Waals surface area contributed by atoms with Crippen molar-refractivity contribution >= 4 is 29.9 Å². The number of carbonyl (C=O) groups excluding carboxylic acids is 2. The molecule has 1 aromatic carbocycles. The smallest absolute Gasteiger partial charge is 0.240 e. The minimum Gasteiger partial charge on any atom is -0.343 e. The molecule has 0 spiro atoms. The van der Waals surface area contributed by atoms with E-state index in [1.807, 2.05) is 26.0 Å². The van der Waals surface area contributed by atoms with Gasteiger partial charge in [0.25, 0.3) is 0 Å². The monoisotopic (exact) mass is 313 g/mol. The maximum absolute atomic E-state index is 12.0. The van der Waals surface area contributed by atoms with Crippen molar-refractivity contribution in [1.29, 1.82) is 0 Å². The number of rotatable bonds is 6. The van der Waals surface area contributed by atoms with Crippen molar-refractivity contribution in [3.8, 4) is 0 Å². The molecule has 0 saturated carbocycles. The number of hydrogen-bond donors (Lipinski definition) is 2. The van der Waals surface area contributed by atoms with E-state index in [0.29, 0.717) is 12.1 Å². The fraction of sp³-hybridized carbons (Fsp3) is 0.467. The van der Waals surface area contributed by atoms with E-state index in [0.717, 1.165) is 18.7 Å². The third-order valence-corrected chi connectivity index (χ3v) is 3.11. The summed E-state index contributed by atoms with van der Waals surface area (Å²) in [5, 5.41) is 2.71. The molecule has 1 atom stereocenters. The molecule has 6 heteroatoms. The summed E-state index contributed by atoms with van der Waals surface area (Å²) in [5.41, 5.74) is 7.10. The highest BCUT2D eigenvalue weighted by Crippen LogP contribution is 2.11. The highest BCUT2D eigenvalue weighted by atomic mass is 35.5. The molecule has 21 heavy (non-hydrogen) atoms. The molecule has 0 fully saturated rings. The standard InChI is InChI=1S/C15H23N3O2.ClH/c1-4-18(5-2)14(19)10-12-6-8-13(9-7-12)17-15(20)11(3)16;/h6-9,11H,4-5,10,16H2,1-3H3,(H,17,20);1H/t11-;/m1./s1. The molecule has 1 rings (SSSR count).